The molecule has 1 heterocycles. The standard InChI is InChI=1S/C26H40N6O2S2/c1-17(27-4)16-28-20(18-12-8-6-9-13-18)23(33)29-22(26(2,3)35-5)24(34)30-25-21(31-32-36-25)19-14-10-7-11-15-19/h7,10-11,14-15,17-18,20,22,27-28H,6,8-9,12-13,16H2,1-5H3,(H,29,33)(H,30,34)/t17-,20-,22+/m0/s1. The zero-order valence-electron chi connectivity index (χ0n) is 22.0. The number of rotatable bonds is 12. The Morgan fingerprint density at radius 3 is 2.47 bits per heavy atom. The van der Waals surface area contributed by atoms with E-state index in [9.17, 15) is 9.59 Å². The molecule has 4 N–H and O–H groups in total. The van der Waals surface area contributed by atoms with Gasteiger partial charge in [-0.05, 0) is 52.8 Å². The molecule has 1 fully saturated rings. The number of hydrogen-bond acceptors (Lipinski definition) is 8. The maximum absolute atomic E-state index is 13.7. The molecule has 0 spiro atoms. The smallest absolute Gasteiger partial charge is 0.249 e. The molecule has 0 saturated heterocycles. The minimum atomic E-state index is -0.736. The molecule has 8 nitrogen and oxygen atoms in total. The van der Waals surface area contributed by atoms with Crippen LogP contribution in [0.4, 0.5) is 5.00 Å². The molecule has 1 aliphatic rings. The topological polar surface area (TPSA) is 108 Å². The van der Waals surface area contributed by atoms with E-state index >= 15 is 0 Å². The van der Waals surface area contributed by atoms with Crippen molar-refractivity contribution in [2.24, 2.45) is 5.92 Å². The fourth-order valence-corrected chi connectivity index (χ4v) is 5.49. The van der Waals surface area contributed by atoms with Gasteiger partial charge in [-0.25, -0.2) is 0 Å². The number of carbonyl (C=O) groups excluding carboxylic acids is 2. The molecule has 2 aromatic rings. The first kappa shape index (κ1) is 28.6. The van der Waals surface area contributed by atoms with Gasteiger partial charge < -0.3 is 21.3 Å². The first-order valence-electron chi connectivity index (χ1n) is 12.7. The summed E-state index contributed by atoms with van der Waals surface area (Å²) in [7, 11) is 1.92. The van der Waals surface area contributed by atoms with Crippen molar-refractivity contribution in [3.8, 4) is 11.3 Å². The van der Waals surface area contributed by atoms with Crippen LogP contribution in [0.2, 0.25) is 0 Å². The number of aromatic nitrogens is 2. The van der Waals surface area contributed by atoms with Gasteiger partial charge in [0.25, 0.3) is 0 Å². The predicted molar refractivity (Wildman–Crippen MR) is 150 cm³/mol. The zero-order valence-corrected chi connectivity index (χ0v) is 23.6. The molecule has 0 bridgehead atoms. The van der Waals surface area contributed by atoms with E-state index in [1.165, 1.54) is 6.42 Å². The molecule has 0 unspecified atom stereocenters. The molecule has 1 aliphatic carbocycles. The largest absolute Gasteiger partial charge is 0.342 e. The van der Waals surface area contributed by atoms with E-state index in [0.717, 1.165) is 42.8 Å². The summed E-state index contributed by atoms with van der Waals surface area (Å²) in [6, 6.07) is 8.82. The maximum atomic E-state index is 13.7. The predicted octanol–water partition coefficient (Wildman–Crippen LogP) is 3.92. The lowest BCUT2D eigenvalue weighted by molar-refractivity contribution is -0.129. The van der Waals surface area contributed by atoms with Crippen LogP contribution in [0, 0.1) is 5.92 Å². The van der Waals surface area contributed by atoms with Gasteiger partial charge in [-0.1, -0.05) is 54.1 Å². The lowest BCUT2D eigenvalue weighted by Gasteiger charge is -2.36. The molecule has 0 aliphatic heterocycles. The molecule has 1 aromatic heterocycles. The van der Waals surface area contributed by atoms with Crippen molar-refractivity contribution >= 4 is 40.1 Å². The second-order valence-corrected chi connectivity index (χ2v) is 12.2. The van der Waals surface area contributed by atoms with Gasteiger partial charge in [0, 0.05) is 34.4 Å². The zero-order chi connectivity index (χ0) is 26.1. The van der Waals surface area contributed by atoms with E-state index in [2.05, 4.69) is 37.8 Å². The van der Waals surface area contributed by atoms with Gasteiger partial charge >= 0.3 is 0 Å². The van der Waals surface area contributed by atoms with Crippen LogP contribution < -0.4 is 21.3 Å². The molecule has 0 radical (unpaired) electrons. The Bertz CT molecular complexity index is 978. The average Bonchev–Trinajstić information content (AvgIpc) is 3.36. The van der Waals surface area contributed by atoms with Crippen molar-refractivity contribution in [1.29, 1.82) is 0 Å². The second kappa shape index (κ2) is 13.5. The van der Waals surface area contributed by atoms with Crippen LogP contribution in [-0.4, -0.2) is 64.1 Å². The van der Waals surface area contributed by atoms with E-state index in [4.69, 9.17) is 0 Å². The highest BCUT2D eigenvalue weighted by Crippen LogP contribution is 2.32. The molecule has 1 saturated carbocycles. The third-order valence-corrected chi connectivity index (χ3v) is 9.01. The van der Waals surface area contributed by atoms with Crippen molar-refractivity contribution in [2.45, 2.75) is 75.7 Å². The monoisotopic (exact) mass is 532 g/mol. The van der Waals surface area contributed by atoms with Crippen LogP contribution in [-0.2, 0) is 9.59 Å². The Morgan fingerprint density at radius 2 is 1.83 bits per heavy atom. The number of thioether (sulfide) groups is 1. The molecule has 10 heteroatoms. The molecule has 2 amide bonds. The lowest BCUT2D eigenvalue weighted by Crippen LogP contribution is -2.60. The Balaban J connectivity index is 1.80. The number of amides is 2. The summed E-state index contributed by atoms with van der Waals surface area (Å²) < 4.78 is 3.53. The minimum Gasteiger partial charge on any atom is -0.342 e. The molecule has 3 atom stereocenters. The summed E-state index contributed by atoms with van der Waals surface area (Å²) in [4.78, 5) is 27.3. The summed E-state index contributed by atoms with van der Waals surface area (Å²) in [5.74, 6) is -0.116. The highest BCUT2D eigenvalue weighted by Gasteiger charge is 2.39. The van der Waals surface area contributed by atoms with Crippen LogP contribution >= 0.6 is 23.3 Å². The van der Waals surface area contributed by atoms with Crippen LogP contribution in [0.1, 0.15) is 52.9 Å². The normalized spacial score (nSPS) is 17.2. The SMILES string of the molecule is CN[C@@H](C)CN[C@H](C(=O)N[C@H](C(=O)Nc1snnc1-c1ccccc1)C(C)(C)SC)C1CCCCC1. The molecular formula is C26H40N6O2S2. The highest BCUT2D eigenvalue weighted by molar-refractivity contribution is 8.00. The van der Waals surface area contributed by atoms with Crippen molar-refractivity contribution in [2.75, 3.05) is 25.2 Å². The number of anilines is 1. The summed E-state index contributed by atoms with van der Waals surface area (Å²) in [5, 5.41) is 17.7. The molecule has 1 aromatic carbocycles. The fraction of sp³-hybridized carbons (Fsp3) is 0.615. The Morgan fingerprint density at radius 1 is 1.14 bits per heavy atom. The summed E-state index contributed by atoms with van der Waals surface area (Å²) >= 11 is 2.69. The van der Waals surface area contributed by atoms with Crippen molar-refractivity contribution < 1.29 is 9.59 Å². The summed E-state index contributed by atoms with van der Waals surface area (Å²) in [6.07, 6.45) is 7.50. The number of hydrogen-bond donors (Lipinski definition) is 4. The van der Waals surface area contributed by atoms with Crippen LogP contribution in [0.3, 0.4) is 0 Å². The molecule has 3 rings (SSSR count). The van der Waals surface area contributed by atoms with Crippen LogP contribution in [0.25, 0.3) is 11.3 Å². The van der Waals surface area contributed by atoms with E-state index in [0.29, 0.717) is 17.2 Å². The quantitative estimate of drug-likeness (QED) is 0.328. The van der Waals surface area contributed by atoms with Gasteiger partial charge in [0.05, 0.1) is 6.04 Å². The van der Waals surface area contributed by atoms with Crippen LogP contribution in [0.5, 0.6) is 0 Å². The fourth-order valence-electron chi connectivity index (χ4n) is 4.49. The van der Waals surface area contributed by atoms with Crippen molar-refractivity contribution in [1.82, 2.24) is 25.5 Å². The number of likely N-dealkylation sites (N-methyl/N-ethyl adjacent to an activating group) is 1. The van der Waals surface area contributed by atoms with E-state index < -0.39 is 10.8 Å². The number of benzene rings is 1. The number of carbonyl (C=O) groups is 2. The molecular weight excluding hydrogens is 492 g/mol. The maximum Gasteiger partial charge on any atom is 0.249 e. The first-order chi connectivity index (χ1) is 17.3. The Kier molecular flexibility index (Phi) is 10.7. The van der Waals surface area contributed by atoms with Gasteiger partial charge in [0.1, 0.15) is 16.7 Å². The Labute approximate surface area is 223 Å². The summed E-state index contributed by atoms with van der Waals surface area (Å²) in [5.41, 5.74) is 1.51. The van der Waals surface area contributed by atoms with Gasteiger partial charge in [0.15, 0.2) is 0 Å². The highest BCUT2D eigenvalue weighted by atomic mass is 32.2. The van der Waals surface area contributed by atoms with Gasteiger partial charge in [0.2, 0.25) is 11.8 Å². The molecule has 36 heavy (non-hydrogen) atoms. The summed E-state index contributed by atoms with van der Waals surface area (Å²) in [6.45, 7) is 6.73. The second-order valence-electron chi connectivity index (χ2n) is 10.0. The van der Waals surface area contributed by atoms with E-state index in [1.807, 2.05) is 57.5 Å². The third-order valence-electron chi connectivity index (χ3n) is 7.08. The number of nitrogens with one attached hydrogen (secondary N) is 4. The van der Waals surface area contributed by atoms with Gasteiger partial charge in [-0.15, -0.1) is 5.10 Å². The van der Waals surface area contributed by atoms with Crippen molar-refractivity contribution in [3.63, 3.8) is 0 Å². The molecule has 198 valence electrons. The van der Waals surface area contributed by atoms with Gasteiger partial charge in [-0.3, -0.25) is 9.59 Å². The van der Waals surface area contributed by atoms with E-state index in [1.54, 1.807) is 11.8 Å². The van der Waals surface area contributed by atoms with Crippen molar-refractivity contribution in [3.05, 3.63) is 30.3 Å². The minimum absolute atomic E-state index is 0.113. The van der Waals surface area contributed by atoms with Gasteiger partial charge in [-0.2, -0.15) is 11.8 Å². The number of nitrogens with zero attached hydrogens (tertiary/aromatic N) is 2. The first-order valence-corrected chi connectivity index (χ1v) is 14.7. The van der Waals surface area contributed by atoms with Crippen LogP contribution in [0.15, 0.2) is 30.3 Å². The average molecular weight is 533 g/mol. The van der Waals surface area contributed by atoms with E-state index in [-0.39, 0.29) is 29.8 Å². The lowest BCUT2D eigenvalue weighted by atomic mass is 9.83. The third kappa shape index (κ3) is 7.50. The Hall–Kier alpha value is -2.01.